The molecule has 1 aliphatic rings. The predicted octanol–water partition coefficient (Wildman–Crippen LogP) is -0.430. The van der Waals surface area contributed by atoms with E-state index in [2.05, 4.69) is 10.3 Å². The fourth-order valence-corrected chi connectivity index (χ4v) is 1.71. The highest BCUT2D eigenvalue weighted by Gasteiger charge is 2.28. The first-order chi connectivity index (χ1) is 8.61. The Hall–Kier alpha value is -2.09. The monoisotopic (exact) mass is 254 g/mol. The summed E-state index contributed by atoms with van der Waals surface area (Å²) in [6.07, 6.45) is -0.597. The highest BCUT2D eigenvalue weighted by atomic mass is 16.5. The lowest BCUT2D eigenvalue weighted by Crippen LogP contribution is -2.50. The van der Waals surface area contributed by atoms with Gasteiger partial charge in [-0.3, -0.25) is 4.79 Å². The van der Waals surface area contributed by atoms with Gasteiger partial charge in [-0.15, -0.1) is 0 Å². The maximum Gasteiger partial charge on any atom is 0.276 e. The van der Waals surface area contributed by atoms with Crippen molar-refractivity contribution in [3.8, 4) is 0 Å². The van der Waals surface area contributed by atoms with Gasteiger partial charge < -0.3 is 25.1 Å². The van der Waals surface area contributed by atoms with Crippen molar-refractivity contribution in [1.29, 1.82) is 0 Å². The zero-order valence-corrected chi connectivity index (χ0v) is 9.87. The van der Waals surface area contributed by atoms with Crippen LogP contribution in [0.5, 0.6) is 0 Å². The summed E-state index contributed by atoms with van der Waals surface area (Å²) in [4.78, 5) is 13.6. The minimum atomic E-state index is -0.597. The summed E-state index contributed by atoms with van der Waals surface area (Å²) in [7, 11) is 0. The standard InChI is InChI=1S/C10H14N4O4/c1-6-4-7(13-18-6)10(15)14-2-3-17-8(5-14)9(11)12-16/h4,8,16H,2-3,5H2,1H3,(H2,11,12). The number of rotatable bonds is 2. The highest BCUT2D eigenvalue weighted by molar-refractivity contribution is 5.93. The van der Waals surface area contributed by atoms with E-state index < -0.39 is 6.10 Å². The minimum absolute atomic E-state index is 0.0520. The quantitative estimate of drug-likeness (QED) is 0.320. The molecule has 2 heterocycles. The first-order valence-corrected chi connectivity index (χ1v) is 5.43. The lowest BCUT2D eigenvalue weighted by atomic mass is 10.2. The van der Waals surface area contributed by atoms with E-state index in [1.54, 1.807) is 13.0 Å². The van der Waals surface area contributed by atoms with Gasteiger partial charge in [0.1, 0.15) is 11.9 Å². The number of aryl methyl sites for hydroxylation is 1. The van der Waals surface area contributed by atoms with Crippen molar-refractivity contribution in [3.63, 3.8) is 0 Å². The van der Waals surface area contributed by atoms with Crippen molar-refractivity contribution >= 4 is 11.7 Å². The number of aromatic nitrogens is 1. The summed E-state index contributed by atoms with van der Waals surface area (Å²) < 4.78 is 10.2. The molecule has 1 aromatic rings. The molecule has 1 aromatic heterocycles. The zero-order valence-electron chi connectivity index (χ0n) is 9.87. The molecule has 1 unspecified atom stereocenters. The minimum Gasteiger partial charge on any atom is -0.409 e. The third kappa shape index (κ3) is 2.43. The average Bonchev–Trinajstić information content (AvgIpc) is 2.83. The molecule has 0 bridgehead atoms. The van der Waals surface area contributed by atoms with Crippen LogP contribution in [0, 0.1) is 6.92 Å². The average molecular weight is 254 g/mol. The van der Waals surface area contributed by atoms with Gasteiger partial charge in [0.05, 0.1) is 13.2 Å². The molecular formula is C10H14N4O4. The number of ether oxygens (including phenoxy) is 1. The number of amides is 1. The van der Waals surface area contributed by atoms with Gasteiger partial charge in [-0.2, -0.15) is 0 Å². The third-order valence-electron chi connectivity index (χ3n) is 2.65. The Morgan fingerprint density at radius 2 is 2.50 bits per heavy atom. The SMILES string of the molecule is Cc1cc(C(=O)N2CCOC(/C(N)=N/O)C2)no1. The smallest absolute Gasteiger partial charge is 0.276 e. The number of nitrogens with two attached hydrogens (primary N) is 1. The number of oxime groups is 1. The van der Waals surface area contributed by atoms with Gasteiger partial charge in [0.25, 0.3) is 5.91 Å². The number of morpholine rings is 1. The van der Waals surface area contributed by atoms with Crippen LogP contribution >= 0.6 is 0 Å². The molecule has 1 atom stereocenters. The number of nitrogens with zero attached hydrogens (tertiary/aromatic N) is 3. The van der Waals surface area contributed by atoms with Gasteiger partial charge in [-0.25, -0.2) is 0 Å². The van der Waals surface area contributed by atoms with E-state index in [1.807, 2.05) is 0 Å². The first-order valence-electron chi connectivity index (χ1n) is 5.43. The lowest BCUT2D eigenvalue weighted by Gasteiger charge is -2.31. The molecule has 0 aromatic carbocycles. The van der Waals surface area contributed by atoms with Gasteiger partial charge in [-0.05, 0) is 6.92 Å². The Morgan fingerprint density at radius 1 is 1.72 bits per heavy atom. The molecule has 8 heteroatoms. The number of amidine groups is 1. The molecule has 0 spiro atoms. The maximum absolute atomic E-state index is 12.1. The van der Waals surface area contributed by atoms with E-state index in [0.29, 0.717) is 18.9 Å². The predicted molar refractivity (Wildman–Crippen MR) is 60.3 cm³/mol. The molecule has 18 heavy (non-hydrogen) atoms. The molecule has 0 aliphatic carbocycles. The second kappa shape index (κ2) is 5.05. The Balaban J connectivity index is 2.07. The molecule has 1 fully saturated rings. The Labute approximate surface area is 103 Å². The van der Waals surface area contributed by atoms with Gasteiger partial charge >= 0.3 is 0 Å². The molecule has 0 saturated carbocycles. The van der Waals surface area contributed by atoms with Crippen molar-refractivity contribution in [2.24, 2.45) is 10.9 Å². The molecule has 2 rings (SSSR count). The van der Waals surface area contributed by atoms with Crippen LogP contribution < -0.4 is 5.73 Å². The maximum atomic E-state index is 12.1. The van der Waals surface area contributed by atoms with Crippen molar-refractivity contribution in [3.05, 3.63) is 17.5 Å². The van der Waals surface area contributed by atoms with Crippen LogP contribution in [-0.4, -0.2) is 52.8 Å². The molecule has 1 amide bonds. The van der Waals surface area contributed by atoms with E-state index in [9.17, 15) is 4.79 Å². The Morgan fingerprint density at radius 3 is 3.11 bits per heavy atom. The molecule has 0 radical (unpaired) electrons. The van der Waals surface area contributed by atoms with E-state index in [-0.39, 0.29) is 24.0 Å². The van der Waals surface area contributed by atoms with Crippen LogP contribution in [0.15, 0.2) is 15.7 Å². The zero-order chi connectivity index (χ0) is 13.1. The summed E-state index contributed by atoms with van der Waals surface area (Å²) >= 11 is 0. The van der Waals surface area contributed by atoms with Crippen molar-refractivity contribution in [2.75, 3.05) is 19.7 Å². The van der Waals surface area contributed by atoms with Crippen LogP contribution in [0.1, 0.15) is 16.2 Å². The molecule has 1 aliphatic heterocycles. The fourth-order valence-electron chi connectivity index (χ4n) is 1.71. The molecule has 3 N–H and O–H groups in total. The van der Waals surface area contributed by atoms with Gasteiger partial charge in [0.15, 0.2) is 11.5 Å². The normalized spacial score (nSPS) is 21.1. The van der Waals surface area contributed by atoms with E-state index in [0.717, 1.165) is 0 Å². The van der Waals surface area contributed by atoms with Gasteiger partial charge in [-0.1, -0.05) is 10.3 Å². The van der Waals surface area contributed by atoms with Crippen LogP contribution in [0.3, 0.4) is 0 Å². The number of carbonyl (C=O) groups excluding carboxylic acids is 1. The van der Waals surface area contributed by atoms with Crippen LogP contribution in [0.2, 0.25) is 0 Å². The number of hydrogen-bond acceptors (Lipinski definition) is 6. The summed E-state index contributed by atoms with van der Waals surface area (Å²) in [6.45, 7) is 2.69. The number of hydrogen-bond donors (Lipinski definition) is 2. The number of carbonyl (C=O) groups is 1. The highest BCUT2D eigenvalue weighted by Crippen LogP contribution is 2.11. The van der Waals surface area contributed by atoms with Crippen molar-refractivity contribution in [1.82, 2.24) is 10.1 Å². The van der Waals surface area contributed by atoms with Crippen molar-refractivity contribution < 1.29 is 19.3 Å². The molecule has 8 nitrogen and oxygen atoms in total. The largest absolute Gasteiger partial charge is 0.409 e. The molecule has 98 valence electrons. The Bertz CT molecular complexity index is 470. The Kier molecular flexibility index (Phi) is 3.47. The van der Waals surface area contributed by atoms with Crippen molar-refractivity contribution in [2.45, 2.75) is 13.0 Å². The van der Waals surface area contributed by atoms with Crippen LogP contribution in [-0.2, 0) is 4.74 Å². The topological polar surface area (TPSA) is 114 Å². The fraction of sp³-hybridized carbons (Fsp3) is 0.500. The van der Waals surface area contributed by atoms with Crippen LogP contribution in [0.25, 0.3) is 0 Å². The van der Waals surface area contributed by atoms with Gasteiger partial charge in [0, 0.05) is 12.6 Å². The second-order valence-corrected chi connectivity index (χ2v) is 3.96. The summed E-state index contributed by atoms with van der Waals surface area (Å²) in [5.74, 6) is 0.259. The van der Waals surface area contributed by atoms with Gasteiger partial charge in [0.2, 0.25) is 0 Å². The summed E-state index contributed by atoms with van der Waals surface area (Å²) in [5.41, 5.74) is 5.70. The second-order valence-electron chi connectivity index (χ2n) is 3.96. The molecule has 1 saturated heterocycles. The van der Waals surface area contributed by atoms with E-state index in [4.69, 9.17) is 20.2 Å². The molecular weight excluding hydrogens is 240 g/mol. The van der Waals surface area contributed by atoms with Crippen LogP contribution in [0.4, 0.5) is 0 Å². The lowest BCUT2D eigenvalue weighted by molar-refractivity contribution is 0.00630. The summed E-state index contributed by atoms with van der Waals surface area (Å²) in [5, 5.41) is 15.1. The third-order valence-corrected chi connectivity index (χ3v) is 2.65. The first kappa shape index (κ1) is 12.4. The van der Waals surface area contributed by atoms with E-state index >= 15 is 0 Å². The van der Waals surface area contributed by atoms with E-state index in [1.165, 1.54) is 4.90 Å². The summed E-state index contributed by atoms with van der Waals surface area (Å²) in [6, 6.07) is 1.57.